The highest BCUT2D eigenvalue weighted by Crippen LogP contribution is 2.43. The Morgan fingerprint density at radius 2 is 2.18 bits per heavy atom. The molecule has 0 radical (unpaired) electrons. The summed E-state index contributed by atoms with van der Waals surface area (Å²) in [6, 6.07) is 0. The summed E-state index contributed by atoms with van der Waals surface area (Å²) in [5.41, 5.74) is 5.29. The number of nitrogens with two attached hydrogens (primary N) is 1. The van der Waals surface area contributed by atoms with Crippen LogP contribution < -0.4 is 5.73 Å². The molecule has 0 saturated heterocycles. The van der Waals surface area contributed by atoms with Crippen molar-refractivity contribution in [3.05, 3.63) is 0 Å². The number of carbonyl (C=O) groups is 1. The van der Waals surface area contributed by atoms with Crippen LogP contribution >= 0.6 is 0 Å². The Labute approximate surface area is 101 Å². The van der Waals surface area contributed by atoms with Crippen LogP contribution in [0.1, 0.15) is 33.1 Å². The van der Waals surface area contributed by atoms with Crippen molar-refractivity contribution >= 4 is 5.91 Å². The van der Waals surface area contributed by atoms with Gasteiger partial charge in [0.05, 0.1) is 6.54 Å². The Hall–Kier alpha value is -0.710. The molecular weight excluding hydrogens is 226 g/mol. The molecular formula is C12H22F2N2O. The molecule has 1 amide bonds. The minimum atomic E-state index is -2.49. The molecule has 1 saturated carbocycles. The minimum Gasteiger partial charge on any atom is -0.335 e. The van der Waals surface area contributed by atoms with Gasteiger partial charge in [-0.3, -0.25) is 4.79 Å². The van der Waals surface area contributed by atoms with Crippen LogP contribution in [0.25, 0.3) is 0 Å². The van der Waals surface area contributed by atoms with Crippen molar-refractivity contribution in [1.82, 2.24) is 4.90 Å². The molecule has 1 aliphatic rings. The number of hydrogen-bond acceptors (Lipinski definition) is 2. The van der Waals surface area contributed by atoms with Crippen molar-refractivity contribution < 1.29 is 13.6 Å². The van der Waals surface area contributed by atoms with E-state index in [-0.39, 0.29) is 30.3 Å². The number of amides is 1. The normalized spacial score (nSPS) is 23.1. The van der Waals surface area contributed by atoms with Gasteiger partial charge in [-0.25, -0.2) is 8.78 Å². The monoisotopic (exact) mass is 248 g/mol. The van der Waals surface area contributed by atoms with Crippen LogP contribution in [0.15, 0.2) is 0 Å². The number of alkyl halides is 2. The zero-order chi connectivity index (χ0) is 13.1. The highest BCUT2D eigenvalue weighted by atomic mass is 19.3. The fourth-order valence-corrected chi connectivity index (χ4v) is 2.62. The Morgan fingerprint density at radius 1 is 1.53 bits per heavy atom. The van der Waals surface area contributed by atoms with Gasteiger partial charge in [0.15, 0.2) is 0 Å². The molecule has 0 aromatic carbocycles. The van der Waals surface area contributed by atoms with Crippen LogP contribution in [0, 0.1) is 11.3 Å². The van der Waals surface area contributed by atoms with Gasteiger partial charge in [-0.15, -0.1) is 0 Å². The van der Waals surface area contributed by atoms with E-state index in [0.717, 1.165) is 19.3 Å². The maximum Gasteiger partial charge on any atom is 0.255 e. The second-order valence-electron chi connectivity index (χ2n) is 5.40. The zero-order valence-corrected chi connectivity index (χ0v) is 10.6. The lowest BCUT2D eigenvalue weighted by atomic mass is 9.81. The van der Waals surface area contributed by atoms with Gasteiger partial charge in [0, 0.05) is 19.0 Å². The third-order valence-corrected chi connectivity index (χ3v) is 3.62. The minimum absolute atomic E-state index is 0.0773. The molecule has 0 aromatic rings. The fourth-order valence-electron chi connectivity index (χ4n) is 2.62. The summed E-state index contributed by atoms with van der Waals surface area (Å²) in [5, 5.41) is 0. The molecule has 5 heteroatoms. The van der Waals surface area contributed by atoms with Gasteiger partial charge in [0.2, 0.25) is 5.91 Å². The maximum atomic E-state index is 12.4. The van der Waals surface area contributed by atoms with E-state index in [2.05, 4.69) is 0 Å². The summed E-state index contributed by atoms with van der Waals surface area (Å²) in [4.78, 5) is 13.4. The van der Waals surface area contributed by atoms with Gasteiger partial charge in [-0.2, -0.15) is 0 Å². The molecule has 1 rings (SSSR count). The van der Waals surface area contributed by atoms with Crippen molar-refractivity contribution in [2.75, 3.05) is 19.6 Å². The van der Waals surface area contributed by atoms with Crippen molar-refractivity contribution in [2.45, 2.75) is 39.5 Å². The van der Waals surface area contributed by atoms with E-state index in [1.165, 1.54) is 4.90 Å². The summed E-state index contributed by atoms with van der Waals surface area (Å²) in [6.45, 7) is 4.01. The van der Waals surface area contributed by atoms with E-state index in [0.29, 0.717) is 0 Å². The van der Waals surface area contributed by atoms with Crippen LogP contribution in [0.5, 0.6) is 0 Å². The van der Waals surface area contributed by atoms with Gasteiger partial charge in [0.25, 0.3) is 6.43 Å². The molecule has 0 aromatic heterocycles. The molecule has 1 atom stereocenters. The molecule has 100 valence electrons. The maximum absolute atomic E-state index is 12.4. The SMILES string of the molecule is CC1(C)CCCC1C(=O)N(CCN)CC(F)F. The van der Waals surface area contributed by atoms with Crippen LogP contribution in [0.3, 0.4) is 0 Å². The van der Waals surface area contributed by atoms with Gasteiger partial charge < -0.3 is 10.6 Å². The average molecular weight is 248 g/mol. The number of hydrogen-bond donors (Lipinski definition) is 1. The average Bonchev–Trinajstić information content (AvgIpc) is 2.56. The van der Waals surface area contributed by atoms with Gasteiger partial charge >= 0.3 is 0 Å². The summed E-state index contributed by atoms with van der Waals surface area (Å²) < 4.78 is 24.8. The molecule has 0 bridgehead atoms. The lowest BCUT2D eigenvalue weighted by molar-refractivity contribution is -0.140. The summed E-state index contributed by atoms with van der Waals surface area (Å²) in [6.07, 6.45) is 0.286. The predicted octanol–water partition coefficient (Wildman–Crippen LogP) is 1.87. The van der Waals surface area contributed by atoms with E-state index >= 15 is 0 Å². The van der Waals surface area contributed by atoms with Crippen LogP contribution in [-0.4, -0.2) is 36.9 Å². The first kappa shape index (κ1) is 14.4. The molecule has 3 nitrogen and oxygen atoms in total. The van der Waals surface area contributed by atoms with E-state index in [1.807, 2.05) is 13.8 Å². The quantitative estimate of drug-likeness (QED) is 0.807. The second-order valence-corrected chi connectivity index (χ2v) is 5.40. The number of nitrogens with zero attached hydrogens (tertiary/aromatic N) is 1. The fraction of sp³-hybridized carbons (Fsp3) is 0.917. The first-order valence-corrected chi connectivity index (χ1v) is 6.15. The smallest absolute Gasteiger partial charge is 0.255 e. The topological polar surface area (TPSA) is 46.3 Å². The van der Waals surface area contributed by atoms with Gasteiger partial charge in [-0.05, 0) is 18.3 Å². The van der Waals surface area contributed by atoms with Crippen molar-refractivity contribution in [1.29, 1.82) is 0 Å². The molecule has 17 heavy (non-hydrogen) atoms. The molecule has 1 unspecified atom stereocenters. The lowest BCUT2D eigenvalue weighted by Gasteiger charge is -2.31. The molecule has 1 fully saturated rings. The predicted molar refractivity (Wildman–Crippen MR) is 62.8 cm³/mol. The summed E-state index contributed by atoms with van der Waals surface area (Å²) >= 11 is 0. The van der Waals surface area contributed by atoms with E-state index in [4.69, 9.17) is 5.73 Å². The van der Waals surface area contributed by atoms with Gasteiger partial charge in [0.1, 0.15) is 0 Å². The number of halogens is 2. The zero-order valence-electron chi connectivity index (χ0n) is 10.6. The van der Waals surface area contributed by atoms with E-state index in [9.17, 15) is 13.6 Å². The van der Waals surface area contributed by atoms with Crippen molar-refractivity contribution in [3.63, 3.8) is 0 Å². The molecule has 0 spiro atoms. The first-order valence-electron chi connectivity index (χ1n) is 6.15. The molecule has 1 aliphatic carbocycles. The van der Waals surface area contributed by atoms with E-state index in [1.54, 1.807) is 0 Å². The summed E-state index contributed by atoms with van der Waals surface area (Å²) in [5.74, 6) is -0.286. The van der Waals surface area contributed by atoms with Crippen molar-refractivity contribution in [3.8, 4) is 0 Å². The Balaban J connectivity index is 2.70. The highest BCUT2D eigenvalue weighted by Gasteiger charge is 2.41. The second kappa shape index (κ2) is 5.76. The number of rotatable bonds is 5. The lowest BCUT2D eigenvalue weighted by Crippen LogP contribution is -2.44. The molecule has 0 aliphatic heterocycles. The van der Waals surface area contributed by atoms with Crippen LogP contribution in [0.4, 0.5) is 8.78 Å². The molecule has 0 heterocycles. The van der Waals surface area contributed by atoms with Crippen molar-refractivity contribution in [2.24, 2.45) is 17.1 Å². The van der Waals surface area contributed by atoms with E-state index < -0.39 is 13.0 Å². The molecule has 2 N–H and O–H groups in total. The Morgan fingerprint density at radius 3 is 2.59 bits per heavy atom. The first-order chi connectivity index (χ1) is 7.88. The van der Waals surface area contributed by atoms with Gasteiger partial charge in [-0.1, -0.05) is 20.3 Å². The third-order valence-electron chi connectivity index (χ3n) is 3.62. The third kappa shape index (κ3) is 3.63. The highest BCUT2D eigenvalue weighted by molar-refractivity contribution is 5.80. The summed E-state index contributed by atoms with van der Waals surface area (Å²) in [7, 11) is 0. The Bertz CT molecular complexity index is 269. The number of carbonyl (C=O) groups excluding carboxylic acids is 1. The standard InChI is InChI=1S/C12H22F2N2O/c1-12(2)5-3-4-9(12)11(17)16(7-6-15)8-10(13)14/h9-10H,3-8,15H2,1-2H3. The van der Waals surface area contributed by atoms with Crippen LogP contribution in [0.2, 0.25) is 0 Å². The Kier molecular flexibility index (Phi) is 4.86. The van der Waals surface area contributed by atoms with Crippen LogP contribution in [-0.2, 0) is 4.79 Å². The largest absolute Gasteiger partial charge is 0.335 e.